The van der Waals surface area contributed by atoms with E-state index in [0.717, 1.165) is 12.8 Å². The molecule has 1 heterocycles. The lowest BCUT2D eigenvalue weighted by Crippen LogP contribution is -2.16. The number of ketones is 1. The zero-order valence-electron chi connectivity index (χ0n) is 12.9. The molecule has 1 fully saturated rings. The smallest absolute Gasteiger partial charge is 0.344 e. The van der Waals surface area contributed by atoms with Gasteiger partial charge in [-0.3, -0.25) is 9.36 Å². The van der Waals surface area contributed by atoms with Gasteiger partial charge in [0, 0.05) is 6.04 Å². The van der Waals surface area contributed by atoms with Gasteiger partial charge in [-0.2, -0.15) is 0 Å². The fraction of sp³-hybridized carbons (Fsp3) is 0.400. The van der Waals surface area contributed by atoms with Crippen LogP contribution in [0.25, 0.3) is 0 Å². The first-order chi connectivity index (χ1) is 11.1. The largest absolute Gasteiger partial charge is 0.497 e. The van der Waals surface area contributed by atoms with Crippen molar-refractivity contribution in [3.63, 3.8) is 0 Å². The molecule has 1 aliphatic rings. The summed E-state index contributed by atoms with van der Waals surface area (Å²) in [5.41, 5.74) is 0.233. The van der Waals surface area contributed by atoms with Crippen LogP contribution < -0.4 is 15.2 Å². The van der Waals surface area contributed by atoms with Gasteiger partial charge in [-0.05, 0) is 31.0 Å². The van der Waals surface area contributed by atoms with Gasteiger partial charge in [-0.15, -0.1) is 5.10 Å². The number of methoxy groups -OCH3 is 2. The number of ether oxygens (including phenoxy) is 2. The highest BCUT2D eigenvalue weighted by molar-refractivity contribution is 7.99. The van der Waals surface area contributed by atoms with E-state index in [9.17, 15) is 9.59 Å². The van der Waals surface area contributed by atoms with Crippen molar-refractivity contribution in [1.82, 2.24) is 14.8 Å². The summed E-state index contributed by atoms with van der Waals surface area (Å²) in [4.78, 5) is 24.2. The molecular weight excluding hydrogens is 318 g/mol. The average molecular weight is 335 g/mol. The molecule has 0 spiro atoms. The highest BCUT2D eigenvalue weighted by Crippen LogP contribution is 2.36. The number of carbonyl (C=O) groups excluding carboxylic acids is 1. The minimum absolute atomic E-state index is 0.108. The van der Waals surface area contributed by atoms with Crippen LogP contribution in [0, 0.1) is 0 Å². The van der Waals surface area contributed by atoms with Crippen LogP contribution in [0.1, 0.15) is 29.2 Å². The molecule has 0 aliphatic heterocycles. The van der Waals surface area contributed by atoms with Crippen LogP contribution in [-0.2, 0) is 0 Å². The van der Waals surface area contributed by atoms with E-state index in [-0.39, 0.29) is 23.3 Å². The lowest BCUT2D eigenvalue weighted by Gasteiger charge is -2.09. The number of aromatic nitrogens is 3. The second kappa shape index (κ2) is 6.49. The predicted octanol–water partition coefficient (Wildman–Crippen LogP) is 1.90. The maximum absolute atomic E-state index is 12.5. The topological polar surface area (TPSA) is 86.2 Å². The zero-order valence-corrected chi connectivity index (χ0v) is 13.7. The number of Topliss-reactive ketones (excluding diaryl/α,β-unsaturated/α-hetero) is 1. The van der Waals surface area contributed by atoms with Crippen molar-refractivity contribution >= 4 is 17.5 Å². The van der Waals surface area contributed by atoms with Crippen LogP contribution in [0.15, 0.2) is 28.2 Å². The Morgan fingerprint density at radius 1 is 1.39 bits per heavy atom. The lowest BCUT2D eigenvalue weighted by molar-refractivity contribution is 0.101. The minimum atomic E-state index is -0.221. The van der Waals surface area contributed by atoms with Crippen molar-refractivity contribution in [2.24, 2.45) is 0 Å². The average Bonchev–Trinajstić information content (AvgIpc) is 3.34. The van der Waals surface area contributed by atoms with Crippen LogP contribution in [0.3, 0.4) is 0 Å². The number of H-pyrrole nitrogens is 1. The molecule has 1 aromatic carbocycles. The first-order valence-corrected chi connectivity index (χ1v) is 8.17. The summed E-state index contributed by atoms with van der Waals surface area (Å²) in [5.74, 6) is 1.15. The summed E-state index contributed by atoms with van der Waals surface area (Å²) >= 11 is 1.25. The highest BCUT2D eigenvalue weighted by atomic mass is 32.2. The molecule has 1 aromatic heterocycles. The van der Waals surface area contributed by atoms with E-state index in [1.54, 1.807) is 29.9 Å². The van der Waals surface area contributed by atoms with Crippen LogP contribution in [0.2, 0.25) is 0 Å². The van der Waals surface area contributed by atoms with Gasteiger partial charge in [0.2, 0.25) is 0 Å². The Labute approximate surface area is 137 Å². The molecule has 2 aromatic rings. The van der Waals surface area contributed by atoms with Crippen molar-refractivity contribution in [1.29, 1.82) is 0 Å². The van der Waals surface area contributed by atoms with E-state index < -0.39 is 0 Å². The second-order valence-electron chi connectivity index (χ2n) is 5.19. The van der Waals surface area contributed by atoms with Crippen molar-refractivity contribution in [2.75, 3.05) is 20.0 Å². The normalized spacial score (nSPS) is 13.8. The molecular formula is C15H17N3O4S. The third-order valence-electron chi connectivity index (χ3n) is 3.62. The lowest BCUT2D eigenvalue weighted by atomic mass is 10.1. The summed E-state index contributed by atoms with van der Waals surface area (Å²) in [6.45, 7) is 0. The number of hydrogen-bond donors (Lipinski definition) is 1. The molecule has 23 heavy (non-hydrogen) atoms. The van der Waals surface area contributed by atoms with Gasteiger partial charge in [0.15, 0.2) is 10.9 Å². The Morgan fingerprint density at radius 2 is 2.17 bits per heavy atom. The van der Waals surface area contributed by atoms with Gasteiger partial charge in [0.1, 0.15) is 11.5 Å². The predicted molar refractivity (Wildman–Crippen MR) is 85.7 cm³/mol. The summed E-state index contributed by atoms with van der Waals surface area (Å²) in [7, 11) is 3.06. The van der Waals surface area contributed by atoms with E-state index >= 15 is 0 Å². The summed E-state index contributed by atoms with van der Waals surface area (Å²) in [5, 5.41) is 6.99. The number of aromatic amines is 1. The van der Waals surface area contributed by atoms with Crippen LogP contribution in [0.4, 0.5) is 0 Å². The van der Waals surface area contributed by atoms with Crippen molar-refractivity contribution in [2.45, 2.75) is 24.0 Å². The van der Waals surface area contributed by atoms with Gasteiger partial charge >= 0.3 is 5.69 Å². The fourth-order valence-electron chi connectivity index (χ4n) is 2.29. The maximum Gasteiger partial charge on any atom is 0.344 e. The second-order valence-corrected chi connectivity index (χ2v) is 6.13. The number of carbonyl (C=O) groups is 1. The standard InChI is InChI=1S/C15H17N3O4S/c1-21-10-5-6-13(22-2)11(7-10)12(19)8-23-15-17-16-14(20)18(15)9-3-4-9/h5-7,9H,3-4,8H2,1-2H3,(H,16,20). The van der Waals surface area contributed by atoms with E-state index in [2.05, 4.69) is 10.2 Å². The fourth-order valence-corrected chi connectivity index (χ4v) is 3.18. The molecule has 1 aliphatic carbocycles. The quantitative estimate of drug-likeness (QED) is 0.614. The Hall–Kier alpha value is -2.22. The third-order valence-corrected chi connectivity index (χ3v) is 4.58. The van der Waals surface area contributed by atoms with E-state index in [1.165, 1.54) is 18.9 Å². The molecule has 0 amide bonds. The maximum atomic E-state index is 12.5. The van der Waals surface area contributed by atoms with Crippen molar-refractivity contribution < 1.29 is 14.3 Å². The summed E-state index contributed by atoms with van der Waals surface area (Å²) in [6, 6.07) is 5.30. The number of nitrogens with zero attached hydrogens (tertiary/aromatic N) is 2. The summed E-state index contributed by atoms with van der Waals surface area (Å²) in [6.07, 6.45) is 1.95. The molecule has 8 heteroatoms. The van der Waals surface area contributed by atoms with Gasteiger partial charge in [-0.1, -0.05) is 11.8 Å². The van der Waals surface area contributed by atoms with Gasteiger partial charge in [-0.25, -0.2) is 9.89 Å². The number of hydrogen-bond acceptors (Lipinski definition) is 6. The number of thioether (sulfide) groups is 1. The SMILES string of the molecule is COc1ccc(OC)c(C(=O)CSc2n[nH]c(=O)n2C2CC2)c1. The van der Waals surface area contributed by atoms with Crippen LogP contribution in [-0.4, -0.2) is 40.5 Å². The molecule has 3 rings (SSSR count). The van der Waals surface area contributed by atoms with Gasteiger partial charge < -0.3 is 9.47 Å². The van der Waals surface area contributed by atoms with E-state index in [4.69, 9.17) is 9.47 Å². The minimum Gasteiger partial charge on any atom is -0.497 e. The number of benzene rings is 1. The van der Waals surface area contributed by atoms with Crippen LogP contribution in [0.5, 0.6) is 11.5 Å². The summed E-state index contributed by atoms with van der Waals surface area (Å²) < 4.78 is 12.0. The van der Waals surface area contributed by atoms with E-state index in [0.29, 0.717) is 22.2 Å². The first kappa shape index (κ1) is 15.7. The molecule has 7 nitrogen and oxygen atoms in total. The third kappa shape index (κ3) is 3.26. The number of nitrogens with one attached hydrogen (secondary N) is 1. The molecule has 122 valence electrons. The van der Waals surface area contributed by atoms with E-state index in [1.807, 2.05) is 0 Å². The molecule has 1 saturated carbocycles. The number of rotatable bonds is 7. The zero-order chi connectivity index (χ0) is 16.4. The molecule has 0 radical (unpaired) electrons. The first-order valence-electron chi connectivity index (χ1n) is 7.19. The molecule has 0 unspecified atom stereocenters. The highest BCUT2D eigenvalue weighted by Gasteiger charge is 2.29. The van der Waals surface area contributed by atoms with Gasteiger partial charge in [0.25, 0.3) is 0 Å². The van der Waals surface area contributed by atoms with Crippen molar-refractivity contribution in [3.8, 4) is 11.5 Å². The molecule has 0 atom stereocenters. The Morgan fingerprint density at radius 3 is 2.83 bits per heavy atom. The molecule has 0 saturated heterocycles. The molecule has 0 bridgehead atoms. The van der Waals surface area contributed by atoms with Crippen molar-refractivity contribution in [3.05, 3.63) is 34.2 Å². The van der Waals surface area contributed by atoms with Gasteiger partial charge in [0.05, 0.1) is 25.5 Å². The Kier molecular flexibility index (Phi) is 4.42. The Balaban J connectivity index is 1.76. The van der Waals surface area contributed by atoms with Crippen LogP contribution >= 0.6 is 11.8 Å². The monoisotopic (exact) mass is 335 g/mol. The Bertz CT molecular complexity index is 779. The molecule has 1 N–H and O–H groups in total.